The molecule has 7 nitrogen and oxygen atoms in total. The van der Waals surface area contributed by atoms with Crippen LogP contribution in [-0.2, 0) is 10.2 Å². The van der Waals surface area contributed by atoms with Crippen LogP contribution in [0.15, 0.2) is 21.2 Å². The van der Waals surface area contributed by atoms with Gasteiger partial charge in [-0.1, -0.05) is 12.8 Å². The third-order valence-corrected chi connectivity index (χ3v) is 6.99. The molecule has 0 atom stereocenters. The number of amides is 1. The molecule has 9 heteroatoms. The van der Waals surface area contributed by atoms with Gasteiger partial charge in [-0.05, 0) is 40.9 Å². The van der Waals surface area contributed by atoms with E-state index in [1.54, 1.807) is 21.3 Å². The Kier molecular flexibility index (Phi) is 5.63. The lowest BCUT2D eigenvalue weighted by atomic mass is 10.2. The van der Waals surface area contributed by atoms with Crippen molar-refractivity contribution in [3.8, 4) is 0 Å². The maximum absolute atomic E-state index is 12.8. The number of halogens is 1. The third kappa shape index (κ3) is 3.84. The van der Waals surface area contributed by atoms with Gasteiger partial charge >= 0.3 is 0 Å². The number of hydrogen-bond acceptors (Lipinski definition) is 4. The first kappa shape index (κ1) is 17.9. The van der Waals surface area contributed by atoms with E-state index in [1.165, 1.54) is 4.31 Å². The van der Waals surface area contributed by atoms with Crippen molar-refractivity contribution in [3.63, 3.8) is 0 Å². The average Bonchev–Trinajstić information content (AvgIpc) is 2.84. The molecule has 0 N–H and O–H groups in total. The number of furan rings is 1. The molecule has 0 saturated carbocycles. The molecular weight excluding hydrogens is 398 g/mol. The Bertz CT molecular complexity index is 675. The molecule has 24 heavy (non-hydrogen) atoms. The monoisotopic (exact) mass is 419 g/mol. The smallest absolute Gasteiger partial charge is 0.289 e. The number of carbonyl (C=O) groups is 1. The van der Waals surface area contributed by atoms with Crippen LogP contribution >= 0.6 is 15.9 Å². The van der Waals surface area contributed by atoms with Gasteiger partial charge in [0.15, 0.2) is 10.4 Å². The van der Waals surface area contributed by atoms with Gasteiger partial charge in [-0.2, -0.15) is 17.0 Å². The van der Waals surface area contributed by atoms with Crippen molar-refractivity contribution in [1.29, 1.82) is 0 Å². The quantitative estimate of drug-likeness (QED) is 0.749. The molecule has 0 unspecified atom stereocenters. The minimum atomic E-state index is -3.42. The van der Waals surface area contributed by atoms with Crippen LogP contribution in [0, 0.1) is 0 Å². The molecule has 1 amide bonds. The molecule has 1 aromatic heterocycles. The zero-order valence-corrected chi connectivity index (χ0v) is 15.9. The highest BCUT2D eigenvalue weighted by Crippen LogP contribution is 2.20. The van der Waals surface area contributed by atoms with Crippen molar-refractivity contribution in [3.05, 3.63) is 22.6 Å². The molecule has 2 aliphatic heterocycles. The van der Waals surface area contributed by atoms with Crippen molar-refractivity contribution < 1.29 is 17.6 Å². The molecule has 0 spiro atoms. The molecule has 3 rings (SSSR count). The van der Waals surface area contributed by atoms with Gasteiger partial charge in [0, 0.05) is 39.3 Å². The van der Waals surface area contributed by atoms with Gasteiger partial charge in [0.05, 0.1) is 0 Å². The van der Waals surface area contributed by atoms with Crippen LogP contribution in [0.1, 0.15) is 36.2 Å². The highest BCUT2D eigenvalue weighted by Gasteiger charge is 2.34. The predicted octanol–water partition coefficient (Wildman–Crippen LogP) is 1.92. The van der Waals surface area contributed by atoms with E-state index in [0.717, 1.165) is 25.7 Å². The zero-order valence-electron chi connectivity index (χ0n) is 13.5. The van der Waals surface area contributed by atoms with Crippen LogP contribution in [0.25, 0.3) is 0 Å². The Morgan fingerprint density at radius 2 is 1.50 bits per heavy atom. The van der Waals surface area contributed by atoms with Crippen molar-refractivity contribution in [2.45, 2.75) is 25.7 Å². The normalized spacial score (nSPS) is 21.6. The lowest BCUT2D eigenvalue weighted by Crippen LogP contribution is -2.54. The van der Waals surface area contributed by atoms with E-state index in [1.807, 2.05) is 0 Å². The fraction of sp³-hybridized carbons (Fsp3) is 0.667. The first-order chi connectivity index (χ1) is 11.5. The fourth-order valence-corrected chi connectivity index (χ4v) is 5.12. The molecule has 1 aromatic rings. The van der Waals surface area contributed by atoms with E-state index in [4.69, 9.17) is 4.42 Å². The Morgan fingerprint density at radius 1 is 0.917 bits per heavy atom. The second kappa shape index (κ2) is 7.55. The Hall–Kier alpha value is -0.900. The standard InChI is InChI=1S/C15H22BrN3O4S/c16-14-6-5-13(23-14)15(20)17-9-11-19(12-10-17)24(21,22)18-7-3-1-2-4-8-18/h5-6H,1-4,7-12H2. The van der Waals surface area contributed by atoms with E-state index in [0.29, 0.717) is 43.9 Å². The van der Waals surface area contributed by atoms with Crippen LogP contribution < -0.4 is 0 Å². The number of rotatable bonds is 3. The zero-order chi connectivity index (χ0) is 17.2. The number of hydrogen-bond donors (Lipinski definition) is 0. The molecule has 2 fully saturated rings. The van der Waals surface area contributed by atoms with Crippen LogP contribution in [0.5, 0.6) is 0 Å². The molecule has 0 aromatic carbocycles. The first-order valence-electron chi connectivity index (χ1n) is 8.28. The SMILES string of the molecule is O=C(c1ccc(Br)o1)N1CCN(S(=O)(=O)N2CCCCCC2)CC1. The lowest BCUT2D eigenvalue weighted by Gasteiger charge is -2.36. The van der Waals surface area contributed by atoms with Gasteiger partial charge in [-0.25, -0.2) is 0 Å². The largest absolute Gasteiger partial charge is 0.444 e. The summed E-state index contributed by atoms with van der Waals surface area (Å²) in [7, 11) is -3.42. The van der Waals surface area contributed by atoms with Gasteiger partial charge in [0.1, 0.15) is 0 Å². The van der Waals surface area contributed by atoms with Gasteiger partial charge in [-0.3, -0.25) is 4.79 Å². The average molecular weight is 420 g/mol. The summed E-state index contributed by atoms with van der Waals surface area (Å²) in [6.07, 6.45) is 4.02. The summed E-state index contributed by atoms with van der Waals surface area (Å²) in [6, 6.07) is 3.29. The van der Waals surface area contributed by atoms with Crippen molar-refractivity contribution in [2.75, 3.05) is 39.3 Å². The van der Waals surface area contributed by atoms with E-state index in [-0.39, 0.29) is 11.7 Å². The topological polar surface area (TPSA) is 74.1 Å². The first-order valence-corrected chi connectivity index (χ1v) is 10.5. The number of carbonyl (C=O) groups excluding carboxylic acids is 1. The van der Waals surface area contributed by atoms with Crippen LogP contribution in [0.3, 0.4) is 0 Å². The molecular formula is C15H22BrN3O4S. The van der Waals surface area contributed by atoms with Crippen LogP contribution in [-0.4, -0.2) is 67.1 Å². The van der Waals surface area contributed by atoms with Crippen molar-refractivity contribution >= 4 is 32.0 Å². The Labute approximate surface area is 150 Å². The van der Waals surface area contributed by atoms with Crippen LogP contribution in [0.4, 0.5) is 0 Å². The van der Waals surface area contributed by atoms with E-state index in [9.17, 15) is 13.2 Å². The molecule has 2 saturated heterocycles. The summed E-state index contributed by atoms with van der Waals surface area (Å²) in [5.41, 5.74) is 0. The summed E-state index contributed by atoms with van der Waals surface area (Å²) < 4.78 is 34.4. The van der Waals surface area contributed by atoms with Gasteiger partial charge in [-0.15, -0.1) is 0 Å². The van der Waals surface area contributed by atoms with Crippen molar-refractivity contribution in [1.82, 2.24) is 13.5 Å². The Balaban J connectivity index is 1.60. The van der Waals surface area contributed by atoms with Gasteiger partial charge < -0.3 is 9.32 Å². The maximum atomic E-state index is 12.8. The predicted molar refractivity (Wildman–Crippen MR) is 92.8 cm³/mol. The van der Waals surface area contributed by atoms with E-state index >= 15 is 0 Å². The Morgan fingerprint density at radius 3 is 2.04 bits per heavy atom. The summed E-state index contributed by atoms with van der Waals surface area (Å²) in [6.45, 7) is 2.61. The van der Waals surface area contributed by atoms with Gasteiger partial charge in [0.25, 0.3) is 16.1 Å². The van der Waals surface area contributed by atoms with E-state index in [2.05, 4.69) is 15.9 Å². The molecule has 3 heterocycles. The summed E-state index contributed by atoms with van der Waals surface area (Å²) in [4.78, 5) is 14.0. The summed E-state index contributed by atoms with van der Waals surface area (Å²) in [5.74, 6) is 0.0678. The second-order valence-corrected chi connectivity index (χ2v) is 8.83. The van der Waals surface area contributed by atoms with Crippen LogP contribution in [0.2, 0.25) is 0 Å². The van der Waals surface area contributed by atoms with E-state index < -0.39 is 10.2 Å². The molecule has 2 aliphatic rings. The third-order valence-electron chi connectivity index (χ3n) is 4.53. The highest BCUT2D eigenvalue weighted by molar-refractivity contribution is 9.10. The minimum Gasteiger partial charge on any atom is -0.444 e. The maximum Gasteiger partial charge on any atom is 0.289 e. The minimum absolute atomic E-state index is 0.201. The van der Waals surface area contributed by atoms with Gasteiger partial charge in [0.2, 0.25) is 0 Å². The second-order valence-electron chi connectivity index (χ2n) is 6.12. The molecule has 0 aliphatic carbocycles. The van der Waals surface area contributed by atoms with Crippen molar-refractivity contribution in [2.24, 2.45) is 0 Å². The fourth-order valence-electron chi connectivity index (χ4n) is 3.14. The number of piperazine rings is 1. The molecule has 0 bridgehead atoms. The molecule has 134 valence electrons. The summed E-state index contributed by atoms with van der Waals surface area (Å²) in [5, 5.41) is 0. The molecule has 0 radical (unpaired) electrons. The number of nitrogens with zero attached hydrogens (tertiary/aromatic N) is 3. The summed E-state index contributed by atoms with van der Waals surface area (Å²) >= 11 is 3.18. The lowest BCUT2D eigenvalue weighted by molar-refractivity contribution is 0.0661. The highest BCUT2D eigenvalue weighted by atomic mass is 79.9.